The van der Waals surface area contributed by atoms with E-state index in [1.54, 1.807) is 0 Å². The Morgan fingerprint density at radius 3 is 2.58 bits per heavy atom. The summed E-state index contributed by atoms with van der Waals surface area (Å²) in [5.74, 6) is 0.114. The van der Waals surface area contributed by atoms with Crippen molar-refractivity contribution in [1.29, 1.82) is 0 Å². The van der Waals surface area contributed by atoms with Gasteiger partial charge >= 0.3 is 0 Å². The number of nitrogens with one attached hydrogen (secondary N) is 2. The summed E-state index contributed by atoms with van der Waals surface area (Å²) < 4.78 is 0. The minimum atomic E-state index is 0.114. The molecule has 1 amide bonds. The van der Waals surface area contributed by atoms with E-state index >= 15 is 0 Å². The number of benzene rings is 1. The Morgan fingerprint density at radius 1 is 1.21 bits per heavy atom. The van der Waals surface area contributed by atoms with Gasteiger partial charge in [0.25, 0.3) is 0 Å². The van der Waals surface area contributed by atoms with Crippen LogP contribution in [0.1, 0.15) is 31.2 Å². The van der Waals surface area contributed by atoms with Gasteiger partial charge in [-0.05, 0) is 43.5 Å². The first-order valence-corrected chi connectivity index (χ1v) is 7.36. The lowest BCUT2D eigenvalue weighted by atomic mass is 10.1. The summed E-state index contributed by atoms with van der Waals surface area (Å²) in [5.41, 5.74) is 1.23. The standard InChI is InChI=1S/C15H21ClN2O/c16-13-7-5-12(6-8-13)9-10-17-11-15(19)18-14-3-1-2-4-14/h5-8,14,17H,1-4,9-11H2,(H,18,19). The third-order valence-electron chi connectivity index (χ3n) is 3.51. The van der Waals surface area contributed by atoms with Crippen LogP contribution in [0.15, 0.2) is 24.3 Å². The molecule has 0 spiro atoms. The van der Waals surface area contributed by atoms with Crippen LogP contribution in [-0.4, -0.2) is 25.0 Å². The molecule has 1 saturated carbocycles. The summed E-state index contributed by atoms with van der Waals surface area (Å²) in [6.07, 6.45) is 5.67. The maximum atomic E-state index is 11.7. The van der Waals surface area contributed by atoms with Gasteiger partial charge in [-0.25, -0.2) is 0 Å². The highest BCUT2D eigenvalue weighted by Gasteiger charge is 2.16. The van der Waals surface area contributed by atoms with Crippen LogP contribution >= 0.6 is 11.6 Å². The summed E-state index contributed by atoms with van der Waals surface area (Å²) in [7, 11) is 0. The van der Waals surface area contributed by atoms with E-state index in [0.717, 1.165) is 30.8 Å². The molecule has 0 radical (unpaired) electrons. The average Bonchev–Trinajstić information content (AvgIpc) is 2.89. The molecule has 2 rings (SSSR count). The fraction of sp³-hybridized carbons (Fsp3) is 0.533. The molecular weight excluding hydrogens is 260 g/mol. The van der Waals surface area contributed by atoms with Gasteiger partial charge in [0.15, 0.2) is 0 Å². The molecule has 1 aromatic carbocycles. The molecule has 0 atom stereocenters. The summed E-state index contributed by atoms with van der Waals surface area (Å²) in [4.78, 5) is 11.7. The number of hydrogen-bond donors (Lipinski definition) is 2. The van der Waals surface area contributed by atoms with Gasteiger partial charge in [0.05, 0.1) is 6.54 Å². The van der Waals surface area contributed by atoms with Gasteiger partial charge < -0.3 is 10.6 Å². The monoisotopic (exact) mass is 280 g/mol. The molecule has 104 valence electrons. The van der Waals surface area contributed by atoms with E-state index in [-0.39, 0.29) is 5.91 Å². The predicted octanol–water partition coefficient (Wildman–Crippen LogP) is 2.53. The Labute approximate surface area is 119 Å². The summed E-state index contributed by atoms with van der Waals surface area (Å²) in [6, 6.07) is 8.23. The van der Waals surface area contributed by atoms with E-state index in [1.807, 2.05) is 24.3 Å². The van der Waals surface area contributed by atoms with Crippen molar-refractivity contribution >= 4 is 17.5 Å². The Bertz CT molecular complexity index is 399. The van der Waals surface area contributed by atoms with Crippen molar-refractivity contribution in [3.05, 3.63) is 34.9 Å². The van der Waals surface area contributed by atoms with Crippen LogP contribution < -0.4 is 10.6 Å². The van der Waals surface area contributed by atoms with Crippen molar-refractivity contribution in [2.24, 2.45) is 0 Å². The molecule has 1 aliphatic carbocycles. The first-order chi connectivity index (χ1) is 9.24. The Balaban J connectivity index is 1.58. The molecule has 4 heteroatoms. The van der Waals surface area contributed by atoms with Gasteiger partial charge in [0.2, 0.25) is 5.91 Å². The zero-order valence-electron chi connectivity index (χ0n) is 11.1. The Morgan fingerprint density at radius 2 is 1.89 bits per heavy atom. The normalized spacial score (nSPS) is 15.6. The first kappa shape index (κ1) is 14.4. The summed E-state index contributed by atoms with van der Waals surface area (Å²) >= 11 is 5.83. The molecule has 0 aliphatic heterocycles. The van der Waals surface area contributed by atoms with Crippen LogP contribution in [0.5, 0.6) is 0 Å². The van der Waals surface area contributed by atoms with Crippen LogP contribution in [0.2, 0.25) is 5.02 Å². The van der Waals surface area contributed by atoms with Crippen molar-refractivity contribution in [2.75, 3.05) is 13.1 Å². The van der Waals surface area contributed by atoms with Crippen molar-refractivity contribution in [3.63, 3.8) is 0 Å². The molecule has 0 unspecified atom stereocenters. The fourth-order valence-electron chi connectivity index (χ4n) is 2.43. The van der Waals surface area contributed by atoms with E-state index in [4.69, 9.17) is 11.6 Å². The predicted molar refractivity (Wildman–Crippen MR) is 78.4 cm³/mol. The van der Waals surface area contributed by atoms with E-state index in [9.17, 15) is 4.79 Å². The number of halogens is 1. The molecular formula is C15H21ClN2O. The molecule has 19 heavy (non-hydrogen) atoms. The lowest BCUT2D eigenvalue weighted by Gasteiger charge is -2.12. The fourth-order valence-corrected chi connectivity index (χ4v) is 2.56. The quantitative estimate of drug-likeness (QED) is 0.786. The lowest BCUT2D eigenvalue weighted by Crippen LogP contribution is -2.39. The summed E-state index contributed by atoms with van der Waals surface area (Å²) in [5, 5.41) is 7.00. The van der Waals surface area contributed by atoms with Gasteiger partial charge in [-0.1, -0.05) is 36.6 Å². The highest BCUT2D eigenvalue weighted by atomic mass is 35.5. The average molecular weight is 281 g/mol. The molecule has 1 fully saturated rings. The van der Waals surface area contributed by atoms with Crippen molar-refractivity contribution in [1.82, 2.24) is 10.6 Å². The largest absolute Gasteiger partial charge is 0.352 e. The first-order valence-electron chi connectivity index (χ1n) is 6.98. The van der Waals surface area contributed by atoms with Crippen LogP contribution in [0.4, 0.5) is 0 Å². The van der Waals surface area contributed by atoms with Crippen molar-refractivity contribution in [2.45, 2.75) is 38.1 Å². The SMILES string of the molecule is O=C(CNCCc1ccc(Cl)cc1)NC1CCCC1. The second kappa shape index (κ2) is 7.51. The van der Waals surface area contributed by atoms with Crippen molar-refractivity contribution < 1.29 is 4.79 Å². The minimum Gasteiger partial charge on any atom is -0.352 e. The molecule has 0 heterocycles. The van der Waals surface area contributed by atoms with E-state index < -0.39 is 0 Å². The maximum Gasteiger partial charge on any atom is 0.234 e. The minimum absolute atomic E-state index is 0.114. The molecule has 2 N–H and O–H groups in total. The molecule has 1 aromatic rings. The molecule has 0 saturated heterocycles. The zero-order valence-corrected chi connectivity index (χ0v) is 11.9. The third-order valence-corrected chi connectivity index (χ3v) is 3.76. The lowest BCUT2D eigenvalue weighted by molar-refractivity contribution is -0.120. The van der Waals surface area contributed by atoms with Gasteiger partial charge in [-0.15, -0.1) is 0 Å². The number of hydrogen-bond acceptors (Lipinski definition) is 2. The van der Waals surface area contributed by atoms with Gasteiger partial charge in [0.1, 0.15) is 0 Å². The van der Waals surface area contributed by atoms with Gasteiger partial charge in [-0.2, -0.15) is 0 Å². The van der Waals surface area contributed by atoms with E-state index in [0.29, 0.717) is 12.6 Å². The second-order valence-corrected chi connectivity index (χ2v) is 5.54. The number of amides is 1. The van der Waals surface area contributed by atoms with Gasteiger partial charge in [0, 0.05) is 11.1 Å². The molecule has 1 aliphatic rings. The van der Waals surface area contributed by atoms with Crippen LogP contribution in [0, 0.1) is 0 Å². The van der Waals surface area contributed by atoms with Crippen LogP contribution in [0.3, 0.4) is 0 Å². The summed E-state index contributed by atoms with van der Waals surface area (Å²) in [6.45, 7) is 1.21. The zero-order chi connectivity index (χ0) is 13.5. The molecule has 3 nitrogen and oxygen atoms in total. The third kappa shape index (κ3) is 5.21. The van der Waals surface area contributed by atoms with Gasteiger partial charge in [-0.3, -0.25) is 4.79 Å². The Kier molecular flexibility index (Phi) is 5.67. The highest BCUT2D eigenvalue weighted by molar-refractivity contribution is 6.30. The molecule has 0 bridgehead atoms. The van der Waals surface area contributed by atoms with Crippen molar-refractivity contribution in [3.8, 4) is 0 Å². The second-order valence-electron chi connectivity index (χ2n) is 5.10. The van der Waals surface area contributed by atoms with E-state index in [2.05, 4.69) is 10.6 Å². The maximum absolute atomic E-state index is 11.7. The number of carbonyl (C=O) groups excluding carboxylic acids is 1. The number of carbonyl (C=O) groups is 1. The number of rotatable bonds is 6. The highest BCUT2D eigenvalue weighted by Crippen LogP contribution is 2.17. The Hall–Kier alpha value is -1.06. The smallest absolute Gasteiger partial charge is 0.234 e. The topological polar surface area (TPSA) is 41.1 Å². The van der Waals surface area contributed by atoms with Crippen LogP contribution in [0.25, 0.3) is 0 Å². The molecule has 0 aromatic heterocycles. The van der Waals surface area contributed by atoms with Crippen LogP contribution in [-0.2, 0) is 11.2 Å². The van der Waals surface area contributed by atoms with E-state index in [1.165, 1.54) is 18.4 Å².